The van der Waals surface area contributed by atoms with E-state index in [1.165, 1.54) is 6.08 Å². The summed E-state index contributed by atoms with van der Waals surface area (Å²) in [6, 6.07) is 9.62. The highest BCUT2D eigenvalue weighted by atomic mass is 16.6. The fourth-order valence-electron chi connectivity index (χ4n) is 1.12. The Bertz CT molecular complexity index is 352. The van der Waals surface area contributed by atoms with E-state index in [9.17, 15) is 4.79 Å². The molecule has 3 heteroatoms. The van der Waals surface area contributed by atoms with Crippen molar-refractivity contribution >= 4 is 12.0 Å². The number of carbonyl (C=O) groups is 1. The Kier molecular flexibility index (Phi) is 3.15. The number of benzene rings is 1. The molecule has 0 aromatic heterocycles. The molecular weight excluding hydrogens is 192 g/mol. The van der Waals surface area contributed by atoms with E-state index >= 15 is 0 Å². The van der Waals surface area contributed by atoms with Crippen LogP contribution in [-0.2, 0) is 14.3 Å². The van der Waals surface area contributed by atoms with Crippen LogP contribution in [0.3, 0.4) is 0 Å². The van der Waals surface area contributed by atoms with E-state index < -0.39 is 0 Å². The molecule has 2 rings (SSSR count). The van der Waals surface area contributed by atoms with Gasteiger partial charge in [-0.25, -0.2) is 4.79 Å². The van der Waals surface area contributed by atoms with Crippen LogP contribution in [0.2, 0.25) is 0 Å². The van der Waals surface area contributed by atoms with Crippen molar-refractivity contribution in [1.29, 1.82) is 0 Å². The van der Waals surface area contributed by atoms with E-state index in [0.29, 0.717) is 13.2 Å². The van der Waals surface area contributed by atoms with Crippen molar-refractivity contribution in [2.75, 3.05) is 13.2 Å². The summed E-state index contributed by atoms with van der Waals surface area (Å²) >= 11 is 0. The molecule has 0 amide bonds. The van der Waals surface area contributed by atoms with Crippen LogP contribution in [-0.4, -0.2) is 25.3 Å². The zero-order chi connectivity index (χ0) is 10.5. The van der Waals surface area contributed by atoms with Gasteiger partial charge in [-0.05, 0) is 11.6 Å². The van der Waals surface area contributed by atoms with E-state index in [1.807, 2.05) is 30.3 Å². The molecule has 0 spiro atoms. The first-order chi connectivity index (χ1) is 7.34. The summed E-state index contributed by atoms with van der Waals surface area (Å²) in [6.07, 6.45) is 3.28. The minimum atomic E-state index is -0.325. The van der Waals surface area contributed by atoms with Crippen molar-refractivity contribution < 1.29 is 14.3 Å². The number of rotatable bonds is 4. The van der Waals surface area contributed by atoms with Crippen LogP contribution in [0.4, 0.5) is 0 Å². The van der Waals surface area contributed by atoms with Gasteiger partial charge in [0.15, 0.2) is 0 Å². The third kappa shape index (κ3) is 3.56. The summed E-state index contributed by atoms with van der Waals surface area (Å²) in [5.41, 5.74) is 0.983. The molecule has 3 nitrogen and oxygen atoms in total. The van der Waals surface area contributed by atoms with Crippen LogP contribution >= 0.6 is 0 Å². The lowest BCUT2D eigenvalue weighted by atomic mass is 10.2. The number of esters is 1. The highest BCUT2D eigenvalue weighted by molar-refractivity contribution is 5.87. The van der Waals surface area contributed by atoms with Crippen molar-refractivity contribution in [2.45, 2.75) is 6.10 Å². The van der Waals surface area contributed by atoms with Gasteiger partial charge in [0.2, 0.25) is 0 Å². The maximum atomic E-state index is 11.2. The summed E-state index contributed by atoms with van der Waals surface area (Å²) in [7, 11) is 0. The van der Waals surface area contributed by atoms with E-state index in [1.54, 1.807) is 6.08 Å². The van der Waals surface area contributed by atoms with Crippen LogP contribution in [0, 0.1) is 0 Å². The number of carbonyl (C=O) groups excluding carboxylic acids is 1. The molecular formula is C12H12O3. The Morgan fingerprint density at radius 1 is 1.47 bits per heavy atom. The van der Waals surface area contributed by atoms with Gasteiger partial charge in [0, 0.05) is 6.08 Å². The quantitative estimate of drug-likeness (QED) is 0.425. The van der Waals surface area contributed by atoms with Gasteiger partial charge in [-0.15, -0.1) is 0 Å². The molecule has 0 bridgehead atoms. The Labute approximate surface area is 88.3 Å². The summed E-state index contributed by atoms with van der Waals surface area (Å²) in [5.74, 6) is -0.325. The number of ether oxygens (including phenoxy) is 2. The number of hydrogen-bond acceptors (Lipinski definition) is 3. The van der Waals surface area contributed by atoms with Gasteiger partial charge < -0.3 is 9.47 Å². The molecule has 0 unspecified atom stereocenters. The van der Waals surface area contributed by atoms with Crippen molar-refractivity contribution in [3.8, 4) is 0 Å². The number of hydrogen-bond donors (Lipinski definition) is 0. The normalized spacial score (nSPS) is 19.1. The van der Waals surface area contributed by atoms with Crippen molar-refractivity contribution in [2.24, 2.45) is 0 Å². The lowest BCUT2D eigenvalue weighted by Gasteiger charge is -1.97. The zero-order valence-corrected chi connectivity index (χ0v) is 8.26. The van der Waals surface area contributed by atoms with Crippen LogP contribution < -0.4 is 0 Å². The number of epoxide rings is 1. The molecule has 0 saturated carbocycles. The molecule has 15 heavy (non-hydrogen) atoms. The zero-order valence-electron chi connectivity index (χ0n) is 8.26. The molecule has 1 saturated heterocycles. The molecule has 0 N–H and O–H groups in total. The summed E-state index contributed by atoms with van der Waals surface area (Å²) in [4.78, 5) is 11.2. The Morgan fingerprint density at radius 2 is 2.20 bits per heavy atom. The van der Waals surface area contributed by atoms with Gasteiger partial charge >= 0.3 is 5.97 Å². The van der Waals surface area contributed by atoms with Crippen LogP contribution in [0.1, 0.15) is 5.56 Å². The summed E-state index contributed by atoms with van der Waals surface area (Å²) in [5, 5.41) is 0. The predicted octanol–water partition coefficient (Wildman–Crippen LogP) is 1.64. The molecule has 0 radical (unpaired) electrons. The molecule has 1 aromatic carbocycles. The monoisotopic (exact) mass is 204 g/mol. The SMILES string of the molecule is O=C(/C=C/c1ccccc1)OC[C@@H]1CO1. The second-order valence-electron chi connectivity index (χ2n) is 3.33. The van der Waals surface area contributed by atoms with E-state index in [2.05, 4.69) is 0 Å². The molecule has 1 aromatic rings. The summed E-state index contributed by atoms with van der Waals surface area (Å²) in [6.45, 7) is 1.06. The first-order valence-corrected chi connectivity index (χ1v) is 4.86. The Balaban J connectivity index is 1.79. The molecule has 1 atom stereocenters. The lowest BCUT2D eigenvalue weighted by molar-refractivity contribution is -0.138. The molecule has 1 aliphatic heterocycles. The molecule has 1 fully saturated rings. The average Bonchev–Trinajstić information content (AvgIpc) is 3.09. The maximum Gasteiger partial charge on any atom is 0.330 e. The van der Waals surface area contributed by atoms with Gasteiger partial charge in [-0.1, -0.05) is 30.3 Å². The highest BCUT2D eigenvalue weighted by Crippen LogP contribution is 2.08. The van der Waals surface area contributed by atoms with Gasteiger partial charge in [-0.3, -0.25) is 0 Å². The van der Waals surface area contributed by atoms with Gasteiger partial charge in [0.05, 0.1) is 6.61 Å². The second kappa shape index (κ2) is 4.75. The summed E-state index contributed by atoms with van der Waals surface area (Å²) < 4.78 is 9.86. The highest BCUT2D eigenvalue weighted by Gasteiger charge is 2.23. The van der Waals surface area contributed by atoms with Gasteiger partial charge in [0.25, 0.3) is 0 Å². The van der Waals surface area contributed by atoms with E-state index in [4.69, 9.17) is 9.47 Å². The third-order valence-corrected chi connectivity index (χ3v) is 2.03. The minimum absolute atomic E-state index is 0.124. The molecule has 78 valence electrons. The molecule has 1 heterocycles. The van der Waals surface area contributed by atoms with Gasteiger partial charge in [-0.2, -0.15) is 0 Å². The van der Waals surface area contributed by atoms with E-state index in [-0.39, 0.29) is 12.1 Å². The van der Waals surface area contributed by atoms with E-state index in [0.717, 1.165) is 5.56 Å². The van der Waals surface area contributed by atoms with Crippen molar-refractivity contribution in [3.05, 3.63) is 42.0 Å². The van der Waals surface area contributed by atoms with Crippen molar-refractivity contribution in [3.63, 3.8) is 0 Å². The first kappa shape index (κ1) is 9.93. The fourth-order valence-corrected chi connectivity index (χ4v) is 1.12. The van der Waals surface area contributed by atoms with Crippen LogP contribution in [0.5, 0.6) is 0 Å². The largest absolute Gasteiger partial charge is 0.460 e. The topological polar surface area (TPSA) is 38.8 Å². The standard InChI is InChI=1S/C12H12O3/c13-12(15-9-11-8-14-11)7-6-10-4-2-1-3-5-10/h1-7,11H,8-9H2/b7-6+/t11-/m0/s1. The van der Waals surface area contributed by atoms with Crippen LogP contribution in [0.25, 0.3) is 6.08 Å². The fraction of sp³-hybridized carbons (Fsp3) is 0.250. The Hall–Kier alpha value is -1.61. The molecule has 1 aliphatic rings. The maximum absolute atomic E-state index is 11.2. The second-order valence-corrected chi connectivity index (χ2v) is 3.33. The first-order valence-electron chi connectivity index (χ1n) is 4.86. The third-order valence-electron chi connectivity index (χ3n) is 2.03. The average molecular weight is 204 g/mol. The van der Waals surface area contributed by atoms with Crippen LogP contribution in [0.15, 0.2) is 36.4 Å². The van der Waals surface area contributed by atoms with Gasteiger partial charge in [0.1, 0.15) is 12.7 Å². The molecule has 0 aliphatic carbocycles. The Morgan fingerprint density at radius 3 is 2.87 bits per heavy atom. The smallest absolute Gasteiger partial charge is 0.330 e. The lowest BCUT2D eigenvalue weighted by Crippen LogP contribution is -2.06. The predicted molar refractivity (Wildman–Crippen MR) is 56.2 cm³/mol. The van der Waals surface area contributed by atoms with Crippen molar-refractivity contribution in [1.82, 2.24) is 0 Å². The minimum Gasteiger partial charge on any atom is -0.460 e.